The van der Waals surface area contributed by atoms with Crippen molar-refractivity contribution in [3.63, 3.8) is 0 Å². The minimum Gasteiger partial charge on any atom is -0.480 e. The number of aryl methyl sites for hydroxylation is 1. The van der Waals surface area contributed by atoms with Crippen LogP contribution in [-0.4, -0.2) is 34.5 Å². The van der Waals surface area contributed by atoms with Crippen molar-refractivity contribution >= 4 is 11.9 Å². The number of carbonyl (C=O) groups is 2. The molecule has 0 aromatic heterocycles. The van der Waals surface area contributed by atoms with Gasteiger partial charge in [0, 0.05) is 6.04 Å². The monoisotopic (exact) mass is 249 g/mol. The Hall–Kier alpha value is -1.84. The number of carbonyl (C=O) groups excluding carboxylic acids is 1. The van der Waals surface area contributed by atoms with Crippen LogP contribution < -0.4 is 0 Å². The van der Waals surface area contributed by atoms with Gasteiger partial charge in [0.1, 0.15) is 6.54 Å². The molecule has 1 N–H and O–H groups in total. The van der Waals surface area contributed by atoms with Crippen LogP contribution in [0.2, 0.25) is 0 Å². The lowest BCUT2D eigenvalue weighted by molar-refractivity contribution is -0.145. The standard InChI is InChI=1S/C14H19NO3/c1-10(2)15(9-14(17)18)13(16)8-12-6-4-11(3)5-7-12/h4-7,10H,8-9H2,1-3H3,(H,17,18). The number of nitrogens with zero attached hydrogens (tertiary/aromatic N) is 1. The molecule has 1 rings (SSSR count). The molecule has 4 nitrogen and oxygen atoms in total. The Morgan fingerprint density at radius 2 is 1.78 bits per heavy atom. The number of carboxylic acid groups (broad SMARTS) is 1. The van der Waals surface area contributed by atoms with Gasteiger partial charge in [0.05, 0.1) is 6.42 Å². The van der Waals surface area contributed by atoms with Crippen molar-refractivity contribution < 1.29 is 14.7 Å². The second-order valence-corrected chi connectivity index (χ2v) is 4.67. The molecule has 0 aliphatic rings. The highest BCUT2D eigenvalue weighted by atomic mass is 16.4. The lowest BCUT2D eigenvalue weighted by Gasteiger charge is -2.24. The van der Waals surface area contributed by atoms with Gasteiger partial charge >= 0.3 is 5.97 Å². The van der Waals surface area contributed by atoms with E-state index in [0.717, 1.165) is 11.1 Å². The molecular formula is C14H19NO3. The Morgan fingerprint density at radius 3 is 2.22 bits per heavy atom. The van der Waals surface area contributed by atoms with Gasteiger partial charge in [-0.3, -0.25) is 9.59 Å². The van der Waals surface area contributed by atoms with Crippen LogP contribution in [0.4, 0.5) is 0 Å². The first-order valence-corrected chi connectivity index (χ1v) is 5.97. The summed E-state index contributed by atoms with van der Waals surface area (Å²) in [6, 6.07) is 7.57. The first-order valence-electron chi connectivity index (χ1n) is 5.97. The van der Waals surface area contributed by atoms with Crippen LogP contribution in [0.3, 0.4) is 0 Å². The molecule has 0 bridgehead atoms. The summed E-state index contributed by atoms with van der Waals surface area (Å²) in [5.74, 6) is -1.14. The van der Waals surface area contributed by atoms with Crippen molar-refractivity contribution in [3.05, 3.63) is 35.4 Å². The molecule has 18 heavy (non-hydrogen) atoms. The van der Waals surface area contributed by atoms with Crippen LogP contribution in [0, 0.1) is 6.92 Å². The van der Waals surface area contributed by atoms with Crippen LogP contribution >= 0.6 is 0 Å². The van der Waals surface area contributed by atoms with Crippen LogP contribution in [0.25, 0.3) is 0 Å². The molecule has 0 atom stereocenters. The summed E-state index contributed by atoms with van der Waals surface area (Å²) in [4.78, 5) is 24.1. The zero-order valence-corrected chi connectivity index (χ0v) is 11.0. The van der Waals surface area contributed by atoms with Gasteiger partial charge in [0.2, 0.25) is 5.91 Å². The lowest BCUT2D eigenvalue weighted by Crippen LogP contribution is -2.41. The van der Waals surface area contributed by atoms with Crippen molar-refractivity contribution in [3.8, 4) is 0 Å². The average molecular weight is 249 g/mol. The molecule has 1 aromatic carbocycles. The van der Waals surface area contributed by atoms with E-state index in [4.69, 9.17) is 5.11 Å². The maximum Gasteiger partial charge on any atom is 0.323 e. The summed E-state index contributed by atoms with van der Waals surface area (Å²) in [6.07, 6.45) is 0.242. The molecule has 98 valence electrons. The Balaban J connectivity index is 2.72. The summed E-state index contributed by atoms with van der Waals surface area (Å²) in [7, 11) is 0. The zero-order valence-electron chi connectivity index (χ0n) is 11.0. The highest BCUT2D eigenvalue weighted by Crippen LogP contribution is 2.08. The van der Waals surface area contributed by atoms with Crippen molar-refractivity contribution in [2.24, 2.45) is 0 Å². The second-order valence-electron chi connectivity index (χ2n) is 4.67. The van der Waals surface area contributed by atoms with Crippen molar-refractivity contribution in [1.29, 1.82) is 0 Å². The fourth-order valence-electron chi connectivity index (χ4n) is 1.69. The largest absolute Gasteiger partial charge is 0.480 e. The van der Waals surface area contributed by atoms with E-state index in [1.54, 1.807) is 0 Å². The van der Waals surface area contributed by atoms with Gasteiger partial charge in [0.15, 0.2) is 0 Å². The van der Waals surface area contributed by atoms with E-state index < -0.39 is 5.97 Å². The van der Waals surface area contributed by atoms with Gasteiger partial charge in [-0.15, -0.1) is 0 Å². The zero-order chi connectivity index (χ0) is 13.7. The molecule has 0 heterocycles. The first-order chi connectivity index (χ1) is 8.40. The van der Waals surface area contributed by atoms with Crippen LogP contribution in [0.15, 0.2) is 24.3 Å². The molecule has 0 unspecified atom stereocenters. The van der Waals surface area contributed by atoms with Crippen LogP contribution in [0.5, 0.6) is 0 Å². The number of amides is 1. The van der Waals surface area contributed by atoms with E-state index in [9.17, 15) is 9.59 Å². The maximum atomic E-state index is 12.0. The molecule has 0 fully saturated rings. The molecule has 0 spiro atoms. The molecular weight excluding hydrogens is 230 g/mol. The number of rotatable bonds is 5. The normalized spacial score (nSPS) is 10.4. The average Bonchev–Trinajstić information content (AvgIpc) is 2.28. The van der Waals surface area contributed by atoms with E-state index >= 15 is 0 Å². The number of carboxylic acids is 1. The van der Waals surface area contributed by atoms with Gasteiger partial charge in [0.25, 0.3) is 0 Å². The smallest absolute Gasteiger partial charge is 0.323 e. The fourth-order valence-corrected chi connectivity index (χ4v) is 1.69. The third-order valence-electron chi connectivity index (χ3n) is 2.73. The van der Waals surface area contributed by atoms with Crippen LogP contribution in [-0.2, 0) is 16.0 Å². The van der Waals surface area contributed by atoms with Gasteiger partial charge in [-0.05, 0) is 26.3 Å². The Kier molecular flexibility index (Phi) is 4.89. The third-order valence-corrected chi connectivity index (χ3v) is 2.73. The predicted octanol–water partition coefficient (Wildman–Crippen LogP) is 1.86. The summed E-state index contributed by atoms with van der Waals surface area (Å²) in [6.45, 7) is 5.37. The molecule has 4 heteroatoms. The molecule has 0 aliphatic carbocycles. The van der Waals surface area contributed by atoms with Crippen molar-refractivity contribution in [2.75, 3.05) is 6.54 Å². The van der Waals surface area contributed by atoms with E-state index in [1.807, 2.05) is 45.0 Å². The minimum absolute atomic E-state index is 0.112. The van der Waals surface area contributed by atoms with Gasteiger partial charge in [-0.1, -0.05) is 29.8 Å². The number of hydrogen-bond donors (Lipinski definition) is 1. The number of aliphatic carboxylic acids is 1. The maximum absolute atomic E-state index is 12.0. The summed E-state index contributed by atoms with van der Waals surface area (Å²) < 4.78 is 0. The molecule has 0 aliphatic heterocycles. The molecule has 0 saturated heterocycles. The fraction of sp³-hybridized carbons (Fsp3) is 0.429. The molecule has 1 aromatic rings. The van der Waals surface area contributed by atoms with Crippen molar-refractivity contribution in [2.45, 2.75) is 33.2 Å². The summed E-state index contributed by atoms with van der Waals surface area (Å²) >= 11 is 0. The molecule has 0 radical (unpaired) electrons. The number of hydrogen-bond acceptors (Lipinski definition) is 2. The van der Waals surface area contributed by atoms with E-state index in [2.05, 4.69) is 0 Å². The Morgan fingerprint density at radius 1 is 1.22 bits per heavy atom. The van der Waals surface area contributed by atoms with Crippen LogP contribution in [0.1, 0.15) is 25.0 Å². The first kappa shape index (κ1) is 14.2. The quantitative estimate of drug-likeness (QED) is 0.866. The highest BCUT2D eigenvalue weighted by molar-refractivity contribution is 5.83. The lowest BCUT2D eigenvalue weighted by atomic mass is 10.1. The Labute approximate surface area is 107 Å². The molecule has 1 amide bonds. The summed E-state index contributed by atoms with van der Waals surface area (Å²) in [5.41, 5.74) is 2.04. The Bertz CT molecular complexity index is 423. The highest BCUT2D eigenvalue weighted by Gasteiger charge is 2.19. The SMILES string of the molecule is Cc1ccc(CC(=O)N(CC(=O)O)C(C)C)cc1. The van der Waals surface area contributed by atoms with Gasteiger partial charge < -0.3 is 10.0 Å². The van der Waals surface area contributed by atoms with E-state index in [1.165, 1.54) is 4.90 Å². The predicted molar refractivity (Wildman–Crippen MR) is 69.4 cm³/mol. The van der Waals surface area contributed by atoms with Gasteiger partial charge in [-0.25, -0.2) is 0 Å². The number of benzene rings is 1. The molecule has 0 saturated carbocycles. The van der Waals surface area contributed by atoms with Gasteiger partial charge in [-0.2, -0.15) is 0 Å². The van der Waals surface area contributed by atoms with E-state index in [0.29, 0.717) is 0 Å². The van der Waals surface area contributed by atoms with Crippen molar-refractivity contribution in [1.82, 2.24) is 4.90 Å². The summed E-state index contributed by atoms with van der Waals surface area (Å²) in [5, 5.41) is 8.79. The minimum atomic E-state index is -0.985. The third kappa shape index (κ3) is 4.20. The van der Waals surface area contributed by atoms with E-state index in [-0.39, 0.29) is 24.9 Å². The second kappa shape index (κ2) is 6.19. The topological polar surface area (TPSA) is 57.6 Å².